The van der Waals surface area contributed by atoms with Gasteiger partial charge < -0.3 is 5.32 Å². The fourth-order valence-corrected chi connectivity index (χ4v) is 2.46. The van der Waals surface area contributed by atoms with Crippen LogP contribution in [0.2, 0.25) is 5.15 Å². The van der Waals surface area contributed by atoms with Gasteiger partial charge in [-0.3, -0.25) is 0 Å². The van der Waals surface area contributed by atoms with Crippen molar-refractivity contribution in [3.8, 4) is 0 Å². The van der Waals surface area contributed by atoms with Crippen LogP contribution in [-0.4, -0.2) is 17.6 Å². The number of pyridine rings is 1. The fourth-order valence-electron chi connectivity index (χ4n) is 2.35. The maximum Gasteiger partial charge on any atom is 0.129 e. The van der Waals surface area contributed by atoms with Crippen molar-refractivity contribution in [2.45, 2.75) is 18.4 Å². The van der Waals surface area contributed by atoms with Gasteiger partial charge in [0.15, 0.2) is 0 Å². The summed E-state index contributed by atoms with van der Waals surface area (Å²) in [6.45, 7) is 1.21. The van der Waals surface area contributed by atoms with E-state index in [0.29, 0.717) is 11.1 Å². The van der Waals surface area contributed by atoms with Crippen molar-refractivity contribution >= 4 is 11.6 Å². The number of hydrogen-bond acceptors (Lipinski definition) is 2. The fraction of sp³-hybridized carbons (Fsp3) is 0.500. The minimum absolute atomic E-state index is 0.584. The summed E-state index contributed by atoms with van der Waals surface area (Å²) in [6, 6.07) is 4.70. The molecule has 0 amide bonds. The first-order valence-corrected chi connectivity index (χ1v) is 5.07. The lowest BCUT2D eigenvalue weighted by Crippen LogP contribution is -2.63. The van der Waals surface area contributed by atoms with Gasteiger partial charge in [-0.25, -0.2) is 4.98 Å². The minimum Gasteiger partial charge on any atom is -0.313 e. The quantitative estimate of drug-likeness (QED) is 0.690. The second-order valence-electron chi connectivity index (χ2n) is 3.95. The van der Waals surface area contributed by atoms with E-state index in [1.807, 2.05) is 12.3 Å². The molecule has 2 heterocycles. The third-order valence-electron chi connectivity index (χ3n) is 3.29. The van der Waals surface area contributed by atoms with E-state index in [9.17, 15) is 0 Å². The average Bonchev–Trinajstić information content (AvgIpc) is 2.12. The topological polar surface area (TPSA) is 24.9 Å². The molecule has 0 bridgehead atoms. The van der Waals surface area contributed by atoms with Crippen LogP contribution in [0, 0.1) is 5.92 Å². The van der Waals surface area contributed by atoms with Crippen LogP contribution in [0.25, 0.3) is 0 Å². The molecule has 2 nitrogen and oxygen atoms in total. The Balaban J connectivity index is 1.81. The maximum absolute atomic E-state index is 5.73. The molecule has 3 heteroatoms. The first-order chi connectivity index (χ1) is 6.34. The molecule has 2 fully saturated rings. The van der Waals surface area contributed by atoms with Gasteiger partial charge in [-0.05, 0) is 30.5 Å². The molecule has 1 aromatic heterocycles. The zero-order chi connectivity index (χ0) is 8.84. The van der Waals surface area contributed by atoms with Crippen molar-refractivity contribution < 1.29 is 0 Å². The van der Waals surface area contributed by atoms with E-state index in [4.69, 9.17) is 11.6 Å². The van der Waals surface area contributed by atoms with Gasteiger partial charge in [-0.2, -0.15) is 0 Å². The molecular formula is C10H11ClN2. The molecule has 1 aliphatic carbocycles. The summed E-state index contributed by atoms with van der Waals surface area (Å²) in [5.41, 5.74) is 1.33. The molecule has 0 radical (unpaired) electrons. The molecule has 1 saturated carbocycles. The van der Waals surface area contributed by atoms with E-state index in [1.165, 1.54) is 18.5 Å². The van der Waals surface area contributed by atoms with Crippen molar-refractivity contribution in [2.75, 3.05) is 6.54 Å². The van der Waals surface area contributed by atoms with E-state index in [2.05, 4.69) is 16.4 Å². The molecule has 2 aliphatic rings. The van der Waals surface area contributed by atoms with Gasteiger partial charge >= 0.3 is 0 Å². The van der Waals surface area contributed by atoms with Crippen LogP contribution in [0.15, 0.2) is 18.3 Å². The Hall–Kier alpha value is -0.600. The molecule has 13 heavy (non-hydrogen) atoms. The standard InChI is InChI=1S/C10H11ClN2/c11-9-2-1-6(4-12-9)8-3-7-5-13-10(7)8/h1-2,4,7-8,10,13H,3,5H2/t7?,8-,10?/m0/s1. The zero-order valence-electron chi connectivity index (χ0n) is 7.20. The van der Waals surface area contributed by atoms with Crippen LogP contribution in [0.3, 0.4) is 0 Å². The Kier molecular flexibility index (Phi) is 1.61. The van der Waals surface area contributed by atoms with Gasteiger partial charge in [-0.15, -0.1) is 0 Å². The first kappa shape index (κ1) is 7.77. The Bertz CT molecular complexity index is 322. The maximum atomic E-state index is 5.73. The van der Waals surface area contributed by atoms with Crippen molar-refractivity contribution in [3.05, 3.63) is 29.0 Å². The van der Waals surface area contributed by atoms with Gasteiger partial charge in [0.2, 0.25) is 0 Å². The van der Waals surface area contributed by atoms with Crippen molar-refractivity contribution in [1.29, 1.82) is 0 Å². The summed E-state index contributed by atoms with van der Waals surface area (Å²) < 4.78 is 0. The number of halogens is 1. The molecule has 1 aromatic rings. The monoisotopic (exact) mass is 194 g/mol. The molecule has 0 spiro atoms. The molecule has 1 saturated heterocycles. The highest BCUT2D eigenvalue weighted by molar-refractivity contribution is 6.29. The number of piperidine rings is 1. The summed E-state index contributed by atoms with van der Waals surface area (Å²) in [6.07, 6.45) is 3.23. The summed E-state index contributed by atoms with van der Waals surface area (Å²) in [5.74, 6) is 1.61. The minimum atomic E-state index is 0.584. The lowest BCUT2D eigenvalue weighted by Gasteiger charge is -2.54. The van der Waals surface area contributed by atoms with Crippen molar-refractivity contribution in [3.63, 3.8) is 0 Å². The predicted octanol–water partition coefficient (Wildman–Crippen LogP) is 1.81. The van der Waals surface area contributed by atoms with Crippen LogP contribution >= 0.6 is 11.6 Å². The second kappa shape index (κ2) is 2.69. The number of hydrogen-bond donors (Lipinski definition) is 1. The summed E-state index contributed by atoms with van der Waals surface area (Å²) in [5, 5.41) is 4.03. The molecule has 1 N–H and O–H groups in total. The van der Waals surface area contributed by atoms with Crippen LogP contribution < -0.4 is 5.32 Å². The number of fused-ring (bicyclic) bond motifs is 1. The first-order valence-electron chi connectivity index (χ1n) is 4.69. The van der Waals surface area contributed by atoms with E-state index in [0.717, 1.165) is 12.0 Å². The van der Waals surface area contributed by atoms with Crippen LogP contribution in [0.4, 0.5) is 0 Å². The highest BCUT2D eigenvalue weighted by Crippen LogP contribution is 2.45. The van der Waals surface area contributed by atoms with Gasteiger partial charge in [-0.1, -0.05) is 17.7 Å². The van der Waals surface area contributed by atoms with Crippen molar-refractivity contribution in [1.82, 2.24) is 10.3 Å². The predicted molar refractivity (Wildman–Crippen MR) is 51.9 cm³/mol. The molecule has 3 rings (SSSR count). The summed E-state index contributed by atoms with van der Waals surface area (Å²) in [7, 11) is 0. The number of nitrogens with zero attached hydrogens (tertiary/aromatic N) is 1. The van der Waals surface area contributed by atoms with E-state index >= 15 is 0 Å². The zero-order valence-corrected chi connectivity index (χ0v) is 7.96. The van der Waals surface area contributed by atoms with Crippen LogP contribution in [0.5, 0.6) is 0 Å². The normalized spacial score (nSPS) is 35.9. The molecule has 68 valence electrons. The number of rotatable bonds is 1. The lowest BCUT2D eigenvalue weighted by atomic mass is 9.62. The van der Waals surface area contributed by atoms with Crippen molar-refractivity contribution in [2.24, 2.45) is 5.92 Å². The highest BCUT2D eigenvalue weighted by Gasteiger charge is 2.47. The van der Waals surface area contributed by atoms with E-state index in [1.54, 1.807) is 0 Å². The Morgan fingerprint density at radius 2 is 2.38 bits per heavy atom. The number of aromatic nitrogens is 1. The second-order valence-corrected chi connectivity index (χ2v) is 4.34. The third kappa shape index (κ3) is 1.09. The lowest BCUT2D eigenvalue weighted by molar-refractivity contribution is 0.0765. The van der Waals surface area contributed by atoms with Crippen LogP contribution in [0.1, 0.15) is 17.9 Å². The summed E-state index contributed by atoms with van der Waals surface area (Å²) in [4.78, 5) is 4.10. The smallest absolute Gasteiger partial charge is 0.129 e. The number of nitrogens with one attached hydrogen (secondary N) is 1. The average molecular weight is 195 g/mol. The van der Waals surface area contributed by atoms with Crippen LogP contribution in [-0.2, 0) is 0 Å². The molecular weight excluding hydrogens is 184 g/mol. The SMILES string of the molecule is Clc1ccc([C@@H]2CC3CNC32)cn1. The van der Waals surface area contributed by atoms with E-state index in [-0.39, 0.29) is 0 Å². The Labute approximate surface area is 82.3 Å². The van der Waals surface area contributed by atoms with Gasteiger partial charge in [0.1, 0.15) is 5.15 Å². The van der Waals surface area contributed by atoms with Gasteiger partial charge in [0.05, 0.1) is 0 Å². The van der Waals surface area contributed by atoms with Gasteiger partial charge in [0, 0.05) is 18.2 Å². The Morgan fingerprint density at radius 3 is 2.85 bits per heavy atom. The van der Waals surface area contributed by atoms with Gasteiger partial charge in [0.25, 0.3) is 0 Å². The Morgan fingerprint density at radius 1 is 1.46 bits per heavy atom. The van der Waals surface area contributed by atoms with E-state index < -0.39 is 0 Å². The molecule has 0 aromatic carbocycles. The summed E-state index contributed by atoms with van der Waals surface area (Å²) >= 11 is 5.73. The third-order valence-corrected chi connectivity index (χ3v) is 3.52. The largest absolute Gasteiger partial charge is 0.313 e. The molecule has 1 aliphatic heterocycles. The molecule has 2 unspecified atom stereocenters. The molecule has 3 atom stereocenters. The highest BCUT2D eigenvalue weighted by atomic mass is 35.5.